The summed E-state index contributed by atoms with van der Waals surface area (Å²) in [5, 5.41) is 12.9. The first-order chi connectivity index (χ1) is 13.3. The van der Waals surface area contributed by atoms with E-state index >= 15 is 0 Å². The number of nitrogens with one attached hydrogen (secondary N) is 1. The molecule has 0 spiro atoms. The predicted octanol–water partition coefficient (Wildman–Crippen LogP) is 4.44. The Morgan fingerprint density at radius 1 is 1.25 bits per heavy atom. The third-order valence-electron chi connectivity index (χ3n) is 4.36. The molecule has 1 aliphatic rings. The zero-order chi connectivity index (χ0) is 20.1. The van der Waals surface area contributed by atoms with E-state index in [1.807, 2.05) is 26.8 Å². The highest BCUT2D eigenvalue weighted by Crippen LogP contribution is 2.31. The first-order valence-electron chi connectivity index (χ1n) is 9.38. The van der Waals surface area contributed by atoms with Gasteiger partial charge in [0, 0.05) is 11.5 Å². The van der Waals surface area contributed by atoms with Crippen molar-refractivity contribution in [1.82, 2.24) is 9.97 Å². The summed E-state index contributed by atoms with van der Waals surface area (Å²) in [5.41, 5.74) is 0.542. The quantitative estimate of drug-likeness (QED) is 0.723. The second-order valence-electron chi connectivity index (χ2n) is 7.97. The largest absolute Gasteiger partial charge is 0.487 e. The first-order valence-corrected chi connectivity index (χ1v) is 10.2. The lowest BCUT2D eigenvalue weighted by Crippen LogP contribution is -2.31. The van der Waals surface area contributed by atoms with E-state index in [1.54, 1.807) is 12.4 Å². The number of hydrogen-bond acceptors (Lipinski definition) is 6. The number of aromatic nitrogens is 2. The van der Waals surface area contributed by atoms with E-state index in [2.05, 4.69) is 27.1 Å². The van der Waals surface area contributed by atoms with E-state index < -0.39 is 5.97 Å². The average molecular weight is 400 g/mol. The summed E-state index contributed by atoms with van der Waals surface area (Å²) in [7, 11) is 0. The van der Waals surface area contributed by atoms with Crippen LogP contribution in [0.1, 0.15) is 61.0 Å². The van der Waals surface area contributed by atoms with Gasteiger partial charge in [0.2, 0.25) is 0 Å². The molecular formula is C21H25N3O3S. The lowest BCUT2D eigenvalue weighted by atomic mass is 9.92. The van der Waals surface area contributed by atoms with Crippen LogP contribution in [0.4, 0.5) is 5.69 Å². The SMILES string of the molecule is CC(C)(C)C#Cc1cc(NC2CCC(Oc3cncnc3)CC2)c(C(=O)O)s1. The van der Waals surface area contributed by atoms with Crippen LogP contribution in [0, 0.1) is 17.3 Å². The van der Waals surface area contributed by atoms with Gasteiger partial charge in [-0.15, -0.1) is 11.3 Å². The Balaban J connectivity index is 1.61. The van der Waals surface area contributed by atoms with Crippen molar-refractivity contribution in [1.29, 1.82) is 0 Å². The molecule has 148 valence electrons. The van der Waals surface area contributed by atoms with Crippen molar-refractivity contribution < 1.29 is 14.6 Å². The summed E-state index contributed by atoms with van der Waals surface area (Å²) in [5.74, 6) is 6.04. The second-order valence-corrected chi connectivity index (χ2v) is 9.02. The minimum Gasteiger partial charge on any atom is -0.487 e. The Kier molecular flexibility index (Phi) is 6.20. The summed E-state index contributed by atoms with van der Waals surface area (Å²) in [6.07, 6.45) is 8.58. The molecule has 28 heavy (non-hydrogen) atoms. The Morgan fingerprint density at radius 3 is 2.54 bits per heavy atom. The molecule has 0 atom stereocenters. The van der Waals surface area contributed by atoms with Crippen molar-refractivity contribution in [2.75, 3.05) is 5.32 Å². The number of nitrogens with zero attached hydrogens (tertiary/aromatic N) is 2. The fraction of sp³-hybridized carbons (Fsp3) is 0.476. The summed E-state index contributed by atoms with van der Waals surface area (Å²) < 4.78 is 5.92. The topological polar surface area (TPSA) is 84.3 Å². The summed E-state index contributed by atoms with van der Waals surface area (Å²) in [4.78, 5) is 20.6. The predicted molar refractivity (Wildman–Crippen MR) is 110 cm³/mol. The van der Waals surface area contributed by atoms with Gasteiger partial charge in [0.1, 0.15) is 11.2 Å². The van der Waals surface area contributed by atoms with Crippen LogP contribution >= 0.6 is 11.3 Å². The van der Waals surface area contributed by atoms with Gasteiger partial charge in [-0.25, -0.2) is 14.8 Å². The van der Waals surface area contributed by atoms with Crippen LogP contribution in [0.15, 0.2) is 24.8 Å². The van der Waals surface area contributed by atoms with Crippen LogP contribution in [0.5, 0.6) is 5.75 Å². The van der Waals surface area contributed by atoms with Gasteiger partial charge < -0.3 is 15.2 Å². The number of carboxylic acid groups (broad SMARTS) is 1. The van der Waals surface area contributed by atoms with Gasteiger partial charge in [-0.2, -0.15) is 0 Å². The number of anilines is 1. The van der Waals surface area contributed by atoms with Crippen LogP contribution in [-0.4, -0.2) is 33.2 Å². The molecule has 0 bridgehead atoms. The van der Waals surface area contributed by atoms with E-state index in [9.17, 15) is 9.90 Å². The fourth-order valence-electron chi connectivity index (χ4n) is 3.05. The van der Waals surface area contributed by atoms with E-state index in [1.165, 1.54) is 17.7 Å². The van der Waals surface area contributed by atoms with E-state index in [4.69, 9.17) is 4.74 Å². The Hall–Kier alpha value is -2.59. The molecule has 7 heteroatoms. The van der Waals surface area contributed by atoms with Crippen molar-refractivity contribution in [2.45, 2.75) is 58.6 Å². The smallest absolute Gasteiger partial charge is 0.348 e. The van der Waals surface area contributed by atoms with Crippen LogP contribution in [0.2, 0.25) is 0 Å². The number of hydrogen-bond donors (Lipinski definition) is 2. The molecule has 1 fully saturated rings. The number of aromatic carboxylic acids is 1. The van der Waals surface area contributed by atoms with Gasteiger partial charge in [0.05, 0.1) is 29.1 Å². The third-order valence-corrected chi connectivity index (χ3v) is 5.40. The van der Waals surface area contributed by atoms with Crippen LogP contribution in [-0.2, 0) is 0 Å². The normalized spacial score (nSPS) is 19.4. The van der Waals surface area contributed by atoms with Crippen LogP contribution in [0.25, 0.3) is 0 Å². The Bertz CT molecular complexity index is 870. The molecule has 0 amide bonds. The zero-order valence-corrected chi connectivity index (χ0v) is 17.2. The molecule has 1 saturated carbocycles. The molecule has 0 saturated heterocycles. The van der Waals surface area contributed by atoms with E-state index in [0.29, 0.717) is 16.3 Å². The second kappa shape index (κ2) is 8.61. The maximum Gasteiger partial charge on any atom is 0.348 e. The van der Waals surface area contributed by atoms with Crippen LogP contribution < -0.4 is 10.1 Å². The molecule has 2 aromatic rings. The first kappa shape index (κ1) is 20.2. The van der Waals surface area contributed by atoms with Gasteiger partial charge in [-0.05, 0) is 52.5 Å². The number of carbonyl (C=O) groups is 1. The monoisotopic (exact) mass is 399 g/mol. The highest BCUT2D eigenvalue weighted by Gasteiger charge is 2.25. The highest BCUT2D eigenvalue weighted by molar-refractivity contribution is 7.15. The molecule has 6 nitrogen and oxygen atoms in total. The van der Waals surface area contributed by atoms with E-state index in [-0.39, 0.29) is 17.6 Å². The molecule has 2 aromatic heterocycles. The molecule has 1 aliphatic carbocycles. The molecular weight excluding hydrogens is 374 g/mol. The van der Waals surface area contributed by atoms with Crippen molar-refractivity contribution in [3.05, 3.63) is 34.5 Å². The van der Waals surface area contributed by atoms with Crippen LogP contribution in [0.3, 0.4) is 0 Å². The maximum atomic E-state index is 11.6. The van der Waals surface area contributed by atoms with Crippen molar-refractivity contribution in [3.63, 3.8) is 0 Å². The summed E-state index contributed by atoms with van der Waals surface area (Å²) in [6, 6.07) is 2.08. The molecule has 0 unspecified atom stereocenters. The average Bonchev–Trinajstić information content (AvgIpc) is 3.05. The summed E-state index contributed by atoms with van der Waals surface area (Å²) >= 11 is 1.22. The standard InChI is InChI=1S/C21H25N3O3S/c1-21(2,3)9-8-17-10-18(19(28-17)20(25)26)24-14-4-6-15(7-5-14)27-16-11-22-13-23-12-16/h10-15,24H,4-7H2,1-3H3,(H,25,26). The minimum absolute atomic E-state index is 0.122. The Labute approximate surface area is 169 Å². The third kappa shape index (κ3) is 5.70. The minimum atomic E-state index is -0.919. The summed E-state index contributed by atoms with van der Waals surface area (Å²) in [6.45, 7) is 6.10. The molecule has 0 aromatic carbocycles. The van der Waals surface area contributed by atoms with Gasteiger partial charge in [-0.1, -0.05) is 11.8 Å². The van der Waals surface area contributed by atoms with Gasteiger partial charge in [0.15, 0.2) is 5.75 Å². The van der Waals surface area contributed by atoms with Crippen molar-refractivity contribution in [3.8, 4) is 17.6 Å². The molecule has 0 radical (unpaired) electrons. The number of ether oxygens (including phenoxy) is 1. The molecule has 2 N–H and O–H groups in total. The van der Waals surface area contributed by atoms with E-state index in [0.717, 1.165) is 30.6 Å². The molecule has 3 rings (SSSR count). The number of carboxylic acids is 1. The lowest BCUT2D eigenvalue weighted by molar-refractivity contribution is 0.0703. The number of thiophene rings is 1. The zero-order valence-electron chi connectivity index (χ0n) is 16.4. The van der Waals surface area contributed by atoms with Crippen molar-refractivity contribution in [2.24, 2.45) is 5.41 Å². The highest BCUT2D eigenvalue weighted by atomic mass is 32.1. The van der Waals surface area contributed by atoms with Crippen molar-refractivity contribution >= 4 is 23.0 Å². The molecule has 0 aliphatic heterocycles. The number of rotatable bonds is 5. The molecule has 2 heterocycles. The fourth-order valence-corrected chi connectivity index (χ4v) is 3.87. The van der Waals surface area contributed by atoms with Gasteiger partial charge in [0.25, 0.3) is 0 Å². The Morgan fingerprint density at radius 2 is 1.93 bits per heavy atom. The maximum absolute atomic E-state index is 11.6. The van der Waals surface area contributed by atoms with Gasteiger partial charge in [-0.3, -0.25) is 0 Å². The van der Waals surface area contributed by atoms with Gasteiger partial charge >= 0.3 is 5.97 Å². The lowest BCUT2D eigenvalue weighted by Gasteiger charge is -2.29.